The molecule has 0 saturated heterocycles. The van der Waals surface area contributed by atoms with Gasteiger partial charge in [-0.2, -0.15) is 0 Å². The zero-order valence-electron chi connectivity index (χ0n) is 3.56. The number of rotatable bonds is 0. The van der Waals surface area contributed by atoms with E-state index in [1.807, 2.05) is 6.26 Å². The second kappa shape index (κ2) is 2.79. The van der Waals surface area contributed by atoms with Crippen LogP contribution in [0.15, 0.2) is 0 Å². The Labute approximate surface area is 38.8 Å². The second-order valence-corrected chi connectivity index (χ2v) is 3.94. The van der Waals surface area contributed by atoms with Crippen LogP contribution in [0.1, 0.15) is 0 Å². The first-order valence-electron chi connectivity index (χ1n) is 1.46. The van der Waals surface area contributed by atoms with Crippen molar-refractivity contribution in [3.05, 3.63) is 0 Å². The molecule has 0 heterocycles. The van der Waals surface area contributed by atoms with E-state index < -0.39 is 0 Å². The van der Waals surface area contributed by atoms with E-state index in [1.54, 1.807) is 0 Å². The Balaban J connectivity index is 3.82. The van der Waals surface area contributed by atoms with Crippen molar-refractivity contribution >= 4 is 31.9 Å². The van der Waals surface area contributed by atoms with E-state index in [4.69, 9.17) is 6.53 Å². The first kappa shape index (κ1) is 5.57. The molecular weight excluding hydrogens is 93.8 g/mol. The minimum atomic E-state index is 0.114. The zero-order valence-corrected chi connectivity index (χ0v) is 6.38. The van der Waals surface area contributed by atoms with Gasteiger partial charge in [-0.25, -0.2) is 0 Å². The summed E-state index contributed by atoms with van der Waals surface area (Å²) in [6, 6.07) is 0. The normalized spacial score (nSPS) is 11.4. The van der Waals surface area contributed by atoms with Gasteiger partial charge in [0.25, 0.3) is 0 Å². The third-order valence-corrected chi connectivity index (χ3v) is 3.35. The molecule has 4 heteroatoms. The quantitative estimate of drug-likeness (QED) is 0.338. The van der Waals surface area contributed by atoms with Crippen molar-refractivity contribution in [2.24, 2.45) is 0 Å². The van der Waals surface area contributed by atoms with Crippen LogP contribution < -0.4 is 0 Å². The van der Waals surface area contributed by atoms with Crippen LogP contribution in [-0.4, -0.2) is 28.6 Å². The summed E-state index contributed by atoms with van der Waals surface area (Å²) in [5.74, 6) is 2.11. The topological polar surface area (TPSA) is 0 Å². The van der Waals surface area contributed by atoms with E-state index >= 15 is 0 Å². The SMILES string of the molecule is B#S(C)=B[SiH3]. The molecule has 0 unspecified atom stereocenters. The second-order valence-electron chi connectivity index (χ2n) is 0.843. The van der Waals surface area contributed by atoms with E-state index in [0.29, 0.717) is 0 Å². The summed E-state index contributed by atoms with van der Waals surface area (Å²) in [6.07, 6.45) is 2.01. The fraction of sp³-hybridized carbons (Fsp3) is 1.00. The van der Waals surface area contributed by atoms with Gasteiger partial charge in [-0.05, 0) is 0 Å². The molecule has 0 radical (unpaired) electrons. The standard InChI is InChI=1S/CH6B2SSi/c1-4(2)3-5/h1,5H3. The summed E-state index contributed by atoms with van der Waals surface area (Å²) >= 11 is 0. The van der Waals surface area contributed by atoms with Gasteiger partial charge >= 0.3 is 38.2 Å². The van der Waals surface area contributed by atoms with Crippen molar-refractivity contribution in [1.82, 2.24) is 0 Å². The monoisotopic (exact) mass is 100 g/mol. The minimum absolute atomic E-state index is 0.114. The van der Waals surface area contributed by atoms with Crippen LogP contribution >= 0.6 is 9.56 Å². The average molecular weight is 99.8 g/mol. The van der Waals surface area contributed by atoms with E-state index in [0.717, 1.165) is 10.1 Å². The summed E-state index contributed by atoms with van der Waals surface area (Å²) in [4.78, 5) is 0. The Hall–Kier alpha value is 0.567. The fourth-order valence-electron chi connectivity index (χ4n) is 0. The predicted octanol–water partition coefficient (Wildman–Crippen LogP) is -1.13. The van der Waals surface area contributed by atoms with Gasteiger partial charge in [-0.1, -0.05) is 0 Å². The van der Waals surface area contributed by atoms with E-state index in [1.165, 1.54) is 0 Å². The van der Waals surface area contributed by atoms with Crippen LogP contribution in [0.3, 0.4) is 0 Å². The van der Waals surface area contributed by atoms with Crippen molar-refractivity contribution < 1.29 is 0 Å². The van der Waals surface area contributed by atoms with Crippen molar-refractivity contribution in [1.29, 1.82) is 0 Å². The fourth-order valence-corrected chi connectivity index (χ4v) is 0. The molecule has 0 atom stereocenters. The molecule has 0 aliphatic rings. The molecule has 0 spiro atoms. The van der Waals surface area contributed by atoms with Crippen LogP contribution in [0, 0.1) is 0 Å². The molecule has 0 aliphatic heterocycles. The Kier molecular flexibility index (Phi) is 3.10. The molecular formula is CH6B2SSi. The Morgan fingerprint density at radius 1 is 2.00 bits per heavy atom. The van der Waals surface area contributed by atoms with Crippen LogP contribution in [-0.2, 0) is 0 Å². The summed E-state index contributed by atoms with van der Waals surface area (Å²) in [5.41, 5.74) is 0. The third kappa shape index (κ3) is 4.57. The van der Waals surface area contributed by atoms with Crippen LogP contribution in [0.25, 0.3) is 0 Å². The molecule has 0 bridgehead atoms. The molecule has 0 aromatic heterocycles. The average Bonchev–Trinajstić information content (AvgIpc) is 1.38. The van der Waals surface area contributed by atoms with Crippen LogP contribution in [0.2, 0.25) is 0 Å². The maximum atomic E-state index is 5.30. The molecule has 26 valence electrons. The van der Waals surface area contributed by atoms with E-state index in [-0.39, 0.29) is 9.56 Å². The number of hydrogen-bond donors (Lipinski definition) is 0. The molecule has 0 aliphatic carbocycles. The molecule has 0 fully saturated rings. The van der Waals surface area contributed by atoms with Gasteiger partial charge in [-0.15, -0.1) is 0 Å². The molecule has 0 saturated carbocycles. The third-order valence-electron chi connectivity index (χ3n) is 0.372. The summed E-state index contributed by atoms with van der Waals surface area (Å²) in [6.45, 7) is 5.30. The van der Waals surface area contributed by atoms with Crippen LogP contribution in [0.5, 0.6) is 0 Å². The summed E-state index contributed by atoms with van der Waals surface area (Å²) < 4.78 is 0. The van der Waals surface area contributed by atoms with Crippen molar-refractivity contribution in [2.45, 2.75) is 0 Å². The molecule has 0 aromatic rings. The summed E-state index contributed by atoms with van der Waals surface area (Å²) in [7, 11) is 1.25. The molecule has 0 rings (SSSR count). The van der Waals surface area contributed by atoms with Crippen molar-refractivity contribution in [3.8, 4) is 0 Å². The van der Waals surface area contributed by atoms with Crippen molar-refractivity contribution in [3.63, 3.8) is 0 Å². The number of hydrogen-bond acceptors (Lipinski definition) is 0. The Morgan fingerprint density at radius 2 is 2.20 bits per heavy atom. The van der Waals surface area contributed by atoms with Gasteiger partial charge in [0.05, 0.1) is 0 Å². The van der Waals surface area contributed by atoms with Gasteiger partial charge in [0.2, 0.25) is 0 Å². The van der Waals surface area contributed by atoms with Crippen LogP contribution in [0.4, 0.5) is 0 Å². The van der Waals surface area contributed by atoms with E-state index in [9.17, 15) is 0 Å². The van der Waals surface area contributed by atoms with Crippen molar-refractivity contribution in [2.75, 3.05) is 6.26 Å². The van der Waals surface area contributed by atoms with Gasteiger partial charge < -0.3 is 0 Å². The molecule has 0 nitrogen and oxygen atoms in total. The zero-order chi connectivity index (χ0) is 4.28. The van der Waals surface area contributed by atoms with Gasteiger partial charge in [0, 0.05) is 0 Å². The first-order chi connectivity index (χ1) is 2.27. The molecule has 5 heavy (non-hydrogen) atoms. The first-order valence-corrected chi connectivity index (χ1v) is 4.37. The molecule has 0 aromatic carbocycles. The Bertz CT molecular complexity index is 120. The molecule has 0 amide bonds. The Morgan fingerprint density at radius 3 is 2.20 bits per heavy atom. The van der Waals surface area contributed by atoms with E-state index in [2.05, 4.69) is 5.75 Å². The van der Waals surface area contributed by atoms with Gasteiger partial charge in [0.15, 0.2) is 0 Å². The van der Waals surface area contributed by atoms with Gasteiger partial charge in [0.1, 0.15) is 0 Å². The predicted molar refractivity (Wildman–Crippen MR) is 35.0 cm³/mol. The maximum absolute atomic E-state index is 5.30. The van der Waals surface area contributed by atoms with Gasteiger partial charge in [-0.3, -0.25) is 0 Å². The molecule has 0 N–H and O–H groups in total. The summed E-state index contributed by atoms with van der Waals surface area (Å²) in [5, 5.41) is 0.